The number of methoxy groups -OCH3 is 1. The van der Waals surface area contributed by atoms with Crippen molar-refractivity contribution in [2.75, 3.05) is 7.11 Å². The molecule has 58 valence electrons. The Bertz CT molecular complexity index is 144. The van der Waals surface area contributed by atoms with Gasteiger partial charge in [-0.2, -0.15) is 0 Å². The smallest absolute Gasteiger partial charge is 0.0627 e. The van der Waals surface area contributed by atoms with E-state index in [1.807, 2.05) is 7.11 Å². The zero-order chi connectivity index (χ0) is 7.19. The van der Waals surface area contributed by atoms with E-state index in [9.17, 15) is 0 Å². The highest BCUT2D eigenvalue weighted by Crippen LogP contribution is 2.61. The minimum atomic E-state index is 0.575. The molecule has 0 bridgehead atoms. The van der Waals surface area contributed by atoms with E-state index in [0.717, 1.165) is 5.92 Å². The summed E-state index contributed by atoms with van der Waals surface area (Å²) in [5, 5.41) is 0. The molecule has 3 atom stereocenters. The summed E-state index contributed by atoms with van der Waals surface area (Å²) in [5.41, 5.74) is 0.590. The Morgan fingerprint density at radius 2 is 2.20 bits per heavy atom. The summed E-state index contributed by atoms with van der Waals surface area (Å²) in [6.45, 7) is 2.38. The highest BCUT2D eigenvalue weighted by Gasteiger charge is 2.56. The van der Waals surface area contributed by atoms with Crippen molar-refractivity contribution < 1.29 is 4.74 Å². The molecule has 0 radical (unpaired) electrons. The third kappa shape index (κ3) is 0.731. The van der Waals surface area contributed by atoms with Crippen LogP contribution in [0.25, 0.3) is 0 Å². The van der Waals surface area contributed by atoms with Gasteiger partial charge in [0.15, 0.2) is 0 Å². The Morgan fingerprint density at radius 3 is 2.80 bits per heavy atom. The predicted octanol–water partition coefficient (Wildman–Crippen LogP) is 2.21. The number of fused-ring (bicyclic) bond motifs is 1. The lowest BCUT2D eigenvalue weighted by molar-refractivity contribution is 0.0185. The minimum Gasteiger partial charge on any atom is -0.381 e. The molecule has 2 rings (SSSR count). The number of rotatable bonds is 1. The van der Waals surface area contributed by atoms with Crippen LogP contribution in [0.3, 0.4) is 0 Å². The lowest BCUT2D eigenvalue weighted by Crippen LogP contribution is -2.26. The zero-order valence-corrected chi connectivity index (χ0v) is 6.89. The summed E-state index contributed by atoms with van der Waals surface area (Å²) in [6, 6.07) is 0. The summed E-state index contributed by atoms with van der Waals surface area (Å²) >= 11 is 0. The van der Waals surface area contributed by atoms with Crippen molar-refractivity contribution in [3.63, 3.8) is 0 Å². The summed E-state index contributed by atoms with van der Waals surface area (Å²) in [5.74, 6) is 1.01. The van der Waals surface area contributed by atoms with E-state index in [0.29, 0.717) is 11.5 Å². The first-order chi connectivity index (χ1) is 4.77. The maximum atomic E-state index is 5.45. The molecule has 0 saturated heterocycles. The van der Waals surface area contributed by atoms with Gasteiger partial charge in [-0.1, -0.05) is 13.3 Å². The van der Waals surface area contributed by atoms with Crippen molar-refractivity contribution in [3.8, 4) is 0 Å². The van der Waals surface area contributed by atoms with Crippen LogP contribution in [0.15, 0.2) is 0 Å². The van der Waals surface area contributed by atoms with Gasteiger partial charge in [0.1, 0.15) is 0 Å². The molecule has 0 aromatic rings. The Labute approximate surface area is 62.8 Å². The van der Waals surface area contributed by atoms with E-state index in [-0.39, 0.29) is 0 Å². The Kier molecular flexibility index (Phi) is 1.31. The van der Waals surface area contributed by atoms with Crippen molar-refractivity contribution in [2.45, 2.75) is 38.7 Å². The van der Waals surface area contributed by atoms with Gasteiger partial charge in [0.2, 0.25) is 0 Å². The molecule has 0 amide bonds. The second-order valence-corrected chi connectivity index (χ2v) is 4.06. The number of hydrogen-bond donors (Lipinski definition) is 0. The number of ether oxygens (including phenoxy) is 1. The molecule has 0 N–H and O–H groups in total. The fourth-order valence-electron chi connectivity index (χ4n) is 2.56. The van der Waals surface area contributed by atoms with Crippen LogP contribution >= 0.6 is 0 Å². The minimum absolute atomic E-state index is 0.575. The van der Waals surface area contributed by atoms with Crippen molar-refractivity contribution >= 4 is 0 Å². The first kappa shape index (κ1) is 6.66. The molecule has 2 fully saturated rings. The summed E-state index contributed by atoms with van der Waals surface area (Å²) in [7, 11) is 1.86. The van der Waals surface area contributed by atoms with Crippen molar-refractivity contribution in [2.24, 2.45) is 11.3 Å². The second-order valence-electron chi connectivity index (χ2n) is 4.06. The van der Waals surface area contributed by atoms with Gasteiger partial charge >= 0.3 is 0 Å². The standard InChI is InChI=1S/C9H16O/c1-9-6-7(9)4-3-5-8(9)10-2/h7-8H,3-6H2,1-2H3. The van der Waals surface area contributed by atoms with Gasteiger partial charge in [-0.3, -0.25) is 0 Å². The van der Waals surface area contributed by atoms with Gasteiger partial charge in [-0.05, 0) is 30.6 Å². The second kappa shape index (κ2) is 1.97. The first-order valence-electron chi connectivity index (χ1n) is 4.30. The van der Waals surface area contributed by atoms with Crippen LogP contribution in [0, 0.1) is 11.3 Å². The van der Waals surface area contributed by atoms with Gasteiger partial charge in [0, 0.05) is 7.11 Å². The van der Waals surface area contributed by atoms with Crippen molar-refractivity contribution in [1.82, 2.24) is 0 Å². The third-order valence-corrected chi connectivity index (χ3v) is 3.50. The fraction of sp³-hybridized carbons (Fsp3) is 1.00. The predicted molar refractivity (Wildman–Crippen MR) is 40.9 cm³/mol. The maximum absolute atomic E-state index is 5.45. The van der Waals surface area contributed by atoms with Gasteiger partial charge in [0.05, 0.1) is 6.10 Å². The van der Waals surface area contributed by atoms with Crippen LogP contribution in [0.1, 0.15) is 32.6 Å². The summed E-state index contributed by atoms with van der Waals surface area (Å²) in [4.78, 5) is 0. The van der Waals surface area contributed by atoms with Gasteiger partial charge < -0.3 is 4.74 Å². The summed E-state index contributed by atoms with van der Waals surface area (Å²) in [6.07, 6.45) is 6.13. The van der Waals surface area contributed by atoms with Crippen LogP contribution < -0.4 is 0 Å². The number of hydrogen-bond acceptors (Lipinski definition) is 1. The molecule has 1 nitrogen and oxygen atoms in total. The Balaban J connectivity index is 2.06. The van der Waals surface area contributed by atoms with Crippen LogP contribution in [-0.4, -0.2) is 13.2 Å². The van der Waals surface area contributed by atoms with Gasteiger partial charge in [-0.25, -0.2) is 0 Å². The maximum Gasteiger partial charge on any atom is 0.0627 e. The summed E-state index contributed by atoms with van der Waals surface area (Å²) < 4.78 is 5.45. The third-order valence-electron chi connectivity index (χ3n) is 3.50. The lowest BCUT2D eigenvalue weighted by atomic mass is 9.87. The zero-order valence-electron chi connectivity index (χ0n) is 6.89. The SMILES string of the molecule is COC1CCCC2CC21C. The normalized spacial score (nSPS) is 52.2. The first-order valence-corrected chi connectivity index (χ1v) is 4.30. The van der Waals surface area contributed by atoms with Crippen LogP contribution in [0.5, 0.6) is 0 Å². The van der Waals surface area contributed by atoms with Crippen LogP contribution in [-0.2, 0) is 4.74 Å². The highest BCUT2D eigenvalue weighted by molar-refractivity contribution is 5.06. The molecule has 10 heavy (non-hydrogen) atoms. The monoisotopic (exact) mass is 140 g/mol. The lowest BCUT2D eigenvalue weighted by Gasteiger charge is -2.27. The van der Waals surface area contributed by atoms with Gasteiger partial charge in [0.25, 0.3) is 0 Å². The molecule has 0 aliphatic heterocycles. The topological polar surface area (TPSA) is 9.23 Å². The van der Waals surface area contributed by atoms with E-state index in [4.69, 9.17) is 4.74 Å². The van der Waals surface area contributed by atoms with Crippen LogP contribution in [0.4, 0.5) is 0 Å². The van der Waals surface area contributed by atoms with E-state index in [1.54, 1.807) is 0 Å². The molecule has 0 aromatic heterocycles. The van der Waals surface area contributed by atoms with E-state index in [2.05, 4.69) is 6.92 Å². The van der Waals surface area contributed by atoms with E-state index < -0.39 is 0 Å². The van der Waals surface area contributed by atoms with Crippen molar-refractivity contribution in [1.29, 1.82) is 0 Å². The fourth-order valence-corrected chi connectivity index (χ4v) is 2.56. The molecule has 3 unspecified atom stereocenters. The highest BCUT2D eigenvalue weighted by atomic mass is 16.5. The molecule has 0 heterocycles. The molecule has 2 saturated carbocycles. The quantitative estimate of drug-likeness (QED) is 0.542. The van der Waals surface area contributed by atoms with Crippen molar-refractivity contribution in [3.05, 3.63) is 0 Å². The van der Waals surface area contributed by atoms with Gasteiger partial charge in [-0.15, -0.1) is 0 Å². The average molecular weight is 140 g/mol. The Hall–Kier alpha value is -0.0400. The van der Waals surface area contributed by atoms with E-state index in [1.165, 1.54) is 25.7 Å². The molecular weight excluding hydrogens is 124 g/mol. The van der Waals surface area contributed by atoms with E-state index >= 15 is 0 Å². The molecule has 1 heteroatoms. The Morgan fingerprint density at radius 1 is 1.40 bits per heavy atom. The average Bonchev–Trinajstić information content (AvgIpc) is 2.59. The molecule has 2 aliphatic rings. The van der Waals surface area contributed by atoms with Crippen LogP contribution in [0.2, 0.25) is 0 Å². The largest absolute Gasteiger partial charge is 0.381 e. The molecule has 0 aromatic carbocycles. The molecular formula is C9H16O. The molecule has 2 aliphatic carbocycles. The molecule has 0 spiro atoms.